The lowest BCUT2D eigenvalue weighted by Gasteiger charge is -2.72. The van der Waals surface area contributed by atoms with Gasteiger partial charge in [-0.1, -0.05) is 199 Å². The normalized spacial score (nSPS) is 45.1. The summed E-state index contributed by atoms with van der Waals surface area (Å²) in [5.41, 5.74) is -3.27. The van der Waals surface area contributed by atoms with E-state index >= 15 is 0 Å². The number of nitrogens with one attached hydrogen (secondary N) is 1. The molecule has 0 aliphatic heterocycles. The minimum absolute atomic E-state index is 0.0103. The maximum Gasteiger partial charge on any atom is 0.312 e. The predicted molar refractivity (Wildman–Crippen MR) is 466 cm³/mol. The highest BCUT2D eigenvalue weighted by atomic mass is 16.5. The zero-order valence-electron chi connectivity index (χ0n) is 77.7. The van der Waals surface area contributed by atoms with Crippen molar-refractivity contribution in [3.63, 3.8) is 0 Å². The number of hydrogen-bond donors (Lipinski definition) is 2. The fraction of sp³-hybridized carbons (Fsp3) is 0.760. The van der Waals surface area contributed by atoms with Crippen molar-refractivity contribution in [3.05, 3.63) is 105 Å². The molecule has 15 aliphatic carbocycles. The van der Waals surface area contributed by atoms with Crippen molar-refractivity contribution in [2.75, 3.05) is 13.7 Å². The molecule has 0 unspecified atom stereocenters. The summed E-state index contributed by atoms with van der Waals surface area (Å²) in [5, 5.41) is 17.4. The van der Waals surface area contributed by atoms with Gasteiger partial charge in [0.2, 0.25) is 23.0 Å². The Hall–Kier alpha value is -7.19. The van der Waals surface area contributed by atoms with Crippen LogP contribution in [0.5, 0.6) is 0 Å². The van der Waals surface area contributed by atoms with Crippen LogP contribution in [0, 0.1) is 188 Å². The summed E-state index contributed by atoms with van der Waals surface area (Å²) in [6.07, 6.45) is 25.7. The summed E-state index contributed by atoms with van der Waals surface area (Å²) >= 11 is 0. The first-order valence-corrected chi connectivity index (χ1v) is 46.3. The van der Waals surface area contributed by atoms with Crippen LogP contribution in [0.2, 0.25) is 0 Å². The average molecular weight is 1660 g/mol. The molecule has 121 heavy (non-hydrogen) atoms. The third-order valence-electron chi connectivity index (χ3n) is 40.8. The van der Waals surface area contributed by atoms with E-state index in [0.717, 1.165) is 146 Å². The van der Waals surface area contributed by atoms with E-state index in [2.05, 4.69) is 129 Å². The number of hydrogen-bond acceptors (Lipinski definition) is 13. The maximum absolute atomic E-state index is 14.7. The van der Waals surface area contributed by atoms with E-state index in [-0.39, 0.29) is 208 Å². The lowest BCUT2D eigenvalue weighted by molar-refractivity contribution is -0.227. The quantitative estimate of drug-likeness (QED) is 0.112. The Morgan fingerprint density at radius 3 is 1.12 bits per heavy atom. The van der Waals surface area contributed by atoms with E-state index in [1.807, 2.05) is 90.1 Å². The SMILES string of the molecule is [C-]#[N+]C1=C[C@]2(C)[C@H]3CC(=NO)[C@@H]4[C@@H]5CC(C)(C)CC[C@]5(C(=O)OC)CC[C@@]4(C)[C@]3(C)CC[C@H]2C(C)(C)C1=O.[C-]#[N+]C1=C[C@]2(C)[C@H]3CC(=O)[C@@H]4[C@@H]5CC(C)(C)CC[C@]5(C(=O)CNC(C)=O)CC[C@@]4(C)[C@]3(C)CC[C@H]2C(C)(C)C1=O.[C-]#[N+]C1=C[C@]2(C)[C@H]3CC(=O)[C@@H]4[C@@H]5CC(C)(C)CC[C@]5(C(=O)OCc5ccccc5)CC[C@@]4(C)[C@]3(C)CC[C@H]2C(C)(C)C1=O. The lowest BCUT2D eigenvalue weighted by atomic mass is 9.31. The standard InChI is InChI=1S/C38H49NO4.C34H48N2O4.C32H46N2O4/c1-33(2)16-18-38(32(42)43-23-24-12-10-9-11-13-24)19-17-37(7)30(25(38)21-33)27(40)20-29-35(5)22-26(39-8)31(41)34(3,4)28(35)14-15-36(29,37)6;1-20(37)36-19-26(39)34-14-12-29(2,3)17-21(34)27-23(38)16-25-31(6)18-22(35-9)28(40)30(4,5)24(31)10-11-32(25,7)33(27,8)13-15-34;1-27(2)12-14-32(26(36)38-9)15-13-31(7)24(19(32)17-27)20(34-37)16-23-29(5)18-21(33-8)25(35)28(3,4)22(29)10-11-30(23,31)6/h9-13,22,25,28-30H,14-21,23H2,1-7H3;18,21,24-25,27H,10-17,19H2,1-8H3,(H,36,37);18-19,22-24,37H,10-17H2,1-7,9H3/t25-,28-,29+,30-,35-,36+,37+,38-;21-,24-,25+,27-,31-,32+,33+,34-;19-,22-,23+,24-,29-,30+,31+,32-/m000/s1. The first-order valence-electron chi connectivity index (χ1n) is 46.3. The van der Waals surface area contributed by atoms with Gasteiger partial charge in [-0.3, -0.25) is 28.8 Å². The Balaban J connectivity index is 0.000000149. The number of methoxy groups -OCH3 is 1. The number of benzene rings is 1. The third kappa shape index (κ3) is 12.7. The molecule has 1 aromatic rings. The Labute approximate surface area is 723 Å². The van der Waals surface area contributed by atoms with Crippen molar-refractivity contribution in [2.24, 2.45) is 174 Å². The van der Waals surface area contributed by atoms with E-state index < -0.39 is 43.3 Å². The molecule has 0 heterocycles. The highest BCUT2D eigenvalue weighted by Crippen LogP contribution is 2.81. The number of ketones is 6. The molecule has 12 fully saturated rings. The number of rotatable bonds is 7. The predicted octanol–water partition coefficient (Wildman–Crippen LogP) is 21.8. The van der Waals surface area contributed by atoms with Crippen LogP contribution >= 0.6 is 0 Å². The molecule has 0 saturated heterocycles. The maximum atomic E-state index is 14.7. The molecule has 12 saturated carbocycles. The number of esters is 2. The molecular weight excluding hydrogens is 1510 g/mol. The largest absolute Gasteiger partial charge is 0.469 e. The van der Waals surface area contributed by atoms with Crippen molar-refractivity contribution in [3.8, 4) is 0 Å². The third-order valence-corrected chi connectivity index (χ3v) is 40.8. The molecule has 16 rings (SSSR count). The molecule has 17 heteroatoms. The van der Waals surface area contributed by atoms with Gasteiger partial charge in [-0.05, 0) is 265 Å². The van der Waals surface area contributed by atoms with Gasteiger partial charge in [0.1, 0.15) is 18.2 Å². The van der Waals surface area contributed by atoms with E-state index in [1.54, 1.807) is 0 Å². The van der Waals surface area contributed by atoms with Crippen LogP contribution in [0.3, 0.4) is 0 Å². The molecule has 17 nitrogen and oxygen atoms in total. The van der Waals surface area contributed by atoms with Crippen molar-refractivity contribution < 1.29 is 57.8 Å². The molecular formula is C104H143N5O12. The highest BCUT2D eigenvalue weighted by molar-refractivity contribution is 6.04. The topological polar surface area (TPSA) is 230 Å². The van der Waals surface area contributed by atoms with Gasteiger partial charge in [-0.25, -0.2) is 14.5 Å². The van der Waals surface area contributed by atoms with Crippen LogP contribution in [-0.2, 0) is 59.2 Å². The average Bonchev–Trinajstić information content (AvgIpc) is 0.678. The van der Waals surface area contributed by atoms with Crippen LogP contribution < -0.4 is 5.32 Å². The van der Waals surface area contributed by atoms with E-state index in [0.29, 0.717) is 19.3 Å². The lowest BCUT2D eigenvalue weighted by Crippen LogP contribution is -2.69. The van der Waals surface area contributed by atoms with Gasteiger partial charge >= 0.3 is 11.9 Å². The summed E-state index contributed by atoms with van der Waals surface area (Å²) in [7, 11) is 1.51. The summed E-state index contributed by atoms with van der Waals surface area (Å²) in [4.78, 5) is 134. The number of oxime groups is 1. The van der Waals surface area contributed by atoms with Gasteiger partial charge in [0.25, 0.3) is 0 Å². The number of ether oxygens (including phenoxy) is 2. The smallest absolute Gasteiger partial charge is 0.312 e. The van der Waals surface area contributed by atoms with Crippen molar-refractivity contribution in [1.82, 2.24) is 5.32 Å². The van der Waals surface area contributed by atoms with E-state index in [9.17, 15) is 48.4 Å². The Morgan fingerprint density at radius 2 is 0.760 bits per heavy atom. The van der Waals surface area contributed by atoms with Gasteiger partial charge in [-0.2, -0.15) is 0 Å². The second kappa shape index (κ2) is 29.2. The Bertz CT molecular complexity index is 4800. The number of nitrogens with zero attached hydrogens (tertiary/aromatic N) is 4. The minimum Gasteiger partial charge on any atom is -0.469 e. The second-order valence-corrected chi connectivity index (χ2v) is 48.5. The number of fused-ring (bicyclic) bond motifs is 21. The van der Waals surface area contributed by atoms with E-state index in [1.165, 1.54) is 14.0 Å². The van der Waals surface area contributed by atoms with Gasteiger partial charge in [0, 0.05) is 59.2 Å². The zero-order valence-corrected chi connectivity index (χ0v) is 77.7. The summed E-state index contributed by atoms with van der Waals surface area (Å²) < 4.78 is 11.6. The Kier molecular flexibility index (Phi) is 21.7. The summed E-state index contributed by atoms with van der Waals surface area (Å²) in [6, 6.07) is 9.87. The van der Waals surface area contributed by atoms with Crippen LogP contribution in [0.1, 0.15) is 312 Å². The molecule has 15 aliphatic rings. The molecule has 24 atom stereocenters. The molecule has 1 aromatic carbocycles. The molecule has 656 valence electrons. The highest BCUT2D eigenvalue weighted by Gasteiger charge is 2.78. The number of carbonyl (C=O) groups excluding carboxylic acids is 9. The molecule has 0 radical (unpaired) electrons. The van der Waals surface area contributed by atoms with Crippen molar-refractivity contribution in [2.45, 2.75) is 313 Å². The van der Waals surface area contributed by atoms with Gasteiger partial charge in [0.05, 0.1) is 49.9 Å². The van der Waals surface area contributed by atoms with Crippen LogP contribution in [0.4, 0.5) is 0 Å². The first kappa shape index (κ1) is 90.1. The fourth-order valence-corrected chi connectivity index (χ4v) is 33.6. The zero-order chi connectivity index (χ0) is 89.0. The number of carbonyl (C=O) groups is 9. The molecule has 1 amide bonds. The number of Topliss-reactive ketones (excluding diaryl/α,β-unsaturated/α-hetero) is 6. The monoisotopic (exact) mass is 1650 g/mol. The van der Waals surface area contributed by atoms with Crippen LogP contribution in [0.25, 0.3) is 14.5 Å². The van der Waals surface area contributed by atoms with Crippen LogP contribution in [-0.4, -0.2) is 77.1 Å². The van der Waals surface area contributed by atoms with Gasteiger partial charge in [-0.15, -0.1) is 0 Å². The minimum atomic E-state index is -0.642. The first-order chi connectivity index (χ1) is 56.0. The van der Waals surface area contributed by atoms with Gasteiger partial charge in [0.15, 0.2) is 23.1 Å². The second-order valence-electron chi connectivity index (χ2n) is 48.5. The van der Waals surface area contributed by atoms with Crippen LogP contribution in [0.15, 0.2) is 70.8 Å². The molecule has 0 bridgehead atoms. The fourth-order valence-electron chi connectivity index (χ4n) is 33.6. The molecule has 2 N–H and O–H groups in total. The van der Waals surface area contributed by atoms with Crippen molar-refractivity contribution >= 4 is 58.3 Å². The summed E-state index contributed by atoms with van der Waals surface area (Å²) in [5.74, 6) is 0.132. The molecule has 0 spiro atoms. The molecule has 0 aromatic heterocycles. The summed E-state index contributed by atoms with van der Waals surface area (Å²) in [6.45, 7) is 71.8. The number of allylic oxidation sites excluding steroid dienone is 6. The van der Waals surface area contributed by atoms with E-state index in [4.69, 9.17) is 29.2 Å². The Morgan fingerprint density at radius 1 is 0.430 bits per heavy atom. The number of amides is 1. The van der Waals surface area contributed by atoms with Gasteiger partial charge < -0.3 is 34.4 Å². The van der Waals surface area contributed by atoms with Crippen molar-refractivity contribution in [1.29, 1.82) is 0 Å².